The number of imide groups is 1. The minimum absolute atomic E-state index is 0.00743. The van der Waals surface area contributed by atoms with E-state index in [0.717, 1.165) is 24.2 Å². The lowest BCUT2D eigenvalue weighted by molar-refractivity contribution is -0.136. The van der Waals surface area contributed by atoms with Gasteiger partial charge >= 0.3 is 6.03 Å². The Kier molecular flexibility index (Phi) is 4.81. The van der Waals surface area contributed by atoms with Crippen LogP contribution in [0, 0.1) is 5.82 Å². The molecule has 0 aromatic heterocycles. The van der Waals surface area contributed by atoms with Crippen molar-refractivity contribution in [3.8, 4) is 0 Å². The second kappa shape index (κ2) is 6.74. The molecule has 1 saturated heterocycles. The van der Waals surface area contributed by atoms with Crippen LogP contribution < -0.4 is 5.32 Å². The van der Waals surface area contributed by atoms with Gasteiger partial charge in [-0.1, -0.05) is 35.2 Å². The Morgan fingerprint density at radius 2 is 1.96 bits per heavy atom. The maximum Gasteiger partial charge on any atom is 0.327 e. The summed E-state index contributed by atoms with van der Waals surface area (Å²) in [5.41, 5.74) is -0.814. The van der Waals surface area contributed by atoms with Crippen LogP contribution in [-0.2, 0) is 9.59 Å². The SMILES string of the molecule is CN1C(=O)N(CC(=O)Nc2ccc(Br)cc2F)C(=O)C12CCCCC2. The highest BCUT2D eigenvalue weighted by atomic mass is 79.9. The van der Waals surface area contributed by atoms with E-state index in [4.69, 9.17) is 0 Å². The molecule has 6 nitrogen and oxygen atoms in total. The summed E-state index contributed by atoms with van der Waals surface area (Å²) < 4.78 is 14.4. The first-order valence-electron chi connectivity index (χ1n) is 8.20. The maximum atomic E-state index is 13.8. The van der Waals surface area contributed by atoms with Gasteiger partial charge in [0.1, 0.15) is 17.9 Å². The second-order valence-corrected chi connectivity index (χ2v) is 7.41. The quantitative estimate of drug-likeness (QED) is 0.776. The van der Waals surface area contributed by atoms with Crippen molar-refractivity contribution in [1.82, 2.24) is 9.80 Å². The lowest BCUT2D eigenvalue weighted by atomic mass is 9.81. The van der Waals surface area contributed by atoms with Crippen LogP contribution in [0.4, 0.5) is 14.9 Å². The molecule has 0 unspecified atom stereocenters. The Bertz CT molecular complexity index is 734. The Balaban J connectivity index is 1.72. The van der Waals surface area contributed by atoms with E-state index in [-0.39, 0.29) is 11.6 Å². The summed E-state index contributed by atoms with van der Waals surface area (Å²) in [4.78, 5) is 39.9. The number of hydrogen-bond donors (Lipinski definition) is 1. The van der Waals surface area contributed by atoms with E-state index in [1.165, 1.54) is 17.0 Å². The molecule has 1 aromatic rings. The highest BCUT2D eigenvalue weighted by Crippen LogP contribution is 2.39. The fourth-order valence-corrected chi connectivity index (χ4v) is 3.93. The number of amides is 4. The molecule has 1 aliphatic heterocycles. The average molecular weight is 412 g/mol. The average Bonchev–Trinajstić information content (AvgIpc) is 2.75. The number of urea groups is 1. The number of halogens is 2. The van der Waals surface area contributed by atoms with Gasteiger partial charge in [0.05, 0.1) is 5.69 Å². The van der Waals surface area contributed by atoms with Gasteiger partial charge < -0.3 is 10.2 Å². The highest BCUT2D eigenvalue weighted by Gasteiger charge is 2.55. The summed E-state index contributed by atoms with van der Waals surface area (Å²) in [5, 5.41) is 2.41. The second-order valence-electron chi connectivity index (χ2n) is 6.50. The van der Waals surface area contributed by atoms with Gasteiger partial charge in [-0.05, 0) is 31.0 Å². The first-order chi connectivity index (χ1) is 11.8. The molecule has 1 heterocycles. The third kappa shape index (κ3) is 3.15. The van der Waals surface area contributed by atoms with Gasteiger partial charge in [-0.3, -0.25) is 14.5 Å². The summed E-state index contributed by atoms with van der Waals surface area (Å²) in [6.07, 6.45) is 4.04. The number of carbonyl (C=O) groups is 3. The van der Waals surface area contributed by atoms with Crippen LogP contribution in [0.1, 0.15) is 32.1 Å². The van der Waals surface area contributed by atoms with Crippen molar-refractivity contribution in [2.45, 2.75) is 37.6 Å². The molecule has 4 amide bonds. The van der Waals surface area contributed by atoms with Crippen molar-refractivity contribution in [1.29, 1.82) is 0 Å². The molecule has 25 heavy (non-hydrogen) atoms. The fourth-order valence-electron chi connectivity index (χ4n) is 3.60. The molecule has 1 N–H and O–H groups in total. The van der Waals surface area contributed by atoms with E-state index >= 15 is 0 Å². The normalized spacial score (nSPS) is 19.6. The smallest absolute Gasteiger partial charge is 0.322 e. The van der Waals surface area contributed by atoms with E-state index in [1.54, 1.807) is 13.1 Å². The lowest BCUT2D eigenvalue weighted by Crippen LogP contribution is -2.49. The molecule has 134 valence electrons. The van der Waals surface area contributed by atoms with Gasteiger partial charge in [0, 0.05) is 11.5 Å². The molecule has 8 heteroatoms. The van der Waals surface area contributed by atoms with Gasteiger partial charge in [-0.2, -0.15) is 0 Å². The summed E-state index contributed by atoms with van der Waals surface area (Å²) in [6.45, 7) is -0.417. The molecule has 0 atom stereocenters. The van der Waals surface area contributed by atoms with Gasteiger partial charge in [0.15, 0.2) is 0 Å². The number of benzene rings is 1. The fraction of sp³-hybridized carbons (Fsp3) is 0.471. The van der Waals surface area contributed by atoms with Gasteiger partial charge in [-0.15, -0.1) is 0 Å². The third-order valence-corrected chi connectivity index (χ3v) is 5.48. The number of hydrogen-bond acceptors (Lipinski definition) is 3. The maximum absolute atomic E-state index is 13.8. The van der Waals surface area contributed by atoms with E-state index in [2.05, 4.69) is 21.2 Å². The first kappa shape index (κ1) is 17.8. The zero-order valence-corrected chi connectivity index (χ0v) is 15.4. The van der Waals surface area contributed by atoms with Crippen molar-refractivity contribution in [3.63, 3.8) is 0 Å². The summed E-state index contributed by atoms with van der Waals surface area (Å²) in [6, 6.07) is 3.76. The standard InChI is InChI=1S/C17H19BrFN3O3/c1-21-16(25)22(15(24)17(21)7-3-2-4-8-17)10-14(23)20-13-6-5-11(18)9-12(13)19/h5-6,9H,2-4,7-8,10H2,1H3,(H,20,23). The Labute approximate surface area is 153 Å². The van der Waals surface area contributed by atoms with Crippen LogP contribution in [0.25, 0.3) is 0 Å². The van der Waals surface area contributed by atoms with Gasteiger partial charge in [-0.25, -0.2) is 9.18 Å². The zero-order valence-electron chi connectivity index (χ0n) is 13.8. The minimum atomic E-state index is -0.821. The highest BCUT2D eigenvalue weighted by molar-refractivity contribution is 9.10. The van der Waals surface area contributed by atoms with E-state index < -0.39 is 29.8 Å². The van der Waals surface area contributed by atoms with Gasteiger partial charge in [0.2, 0.25) is 5.91 Å². The van der Waals surface area contributed by atoms with Crippen LogP contribution in [0.15, 0.2) is 22.7 Å². The largest absolute Gasteiger partial charge is 0.327 e. The van der Waals surface area contributed by atoms with Crippen molar-refractivity contribution in [3.05, 3.63) is 28.5 Å². The van der Waals surface area contributed by atoms with Crippen LogP contribution in [0.2, 0.25) is 0 Å². The number of nitrogens with one attached hydrogen (secondary N) is 1. The molecular weight excluding hydrogens is 393 g/mol. The summed E-state index contributed by atoms with van der Waals surface area (Å²) >= 11 is 3.14. The third-order valence-electron chi connectivity index (χ3n) is 4.99. The minimum Gasteiger partial charge on any atom is -0.322 e. The topological polar surface area (TPSA) is 69.7 Å². The molecule has 1 aliphatic carbocycles. The van der Waals surface area contributed by atoms with Crippen molar-refractivity contribution in [2.24, 2.45) is 0 Å². The van der Waals surface area contributed by atoms with Crippen LogP contribution in [0.3, 0.4) is 0 Å². The predicted molar refractivity (Wildman–Crippen MR) is 93.4 cm³/mol. The monoisotopic (exact) mass is 411 g/mol. The van der Waals surface area contributed by atoms with Crippen molar-refractivity contribution in [2.75, 3.05) is 18.9 Å². The molecule has 3 rings (SSSR count). The van der Waals surface area contributed by atoms with Crippen molar-refractivity contribution >= 4 is 39.5 Å². The number of likely N-dealkylation sites (N-methyl/N-ethyl adjacent to an activating group) is 1. The van der Waals surface area contributed by atoms with Crippen LogP contribution in [0.5, 0.6) is 0 Å². The number of nitrogens with zero attached hydrogens (tertiary/aromatic N) is 2. The Hall–Kier alpha value is -1.96. The van der Waals surface area contributed by atoms with E-state index in [0.29, 0.717) is 17.3 Å². The molecule has 1 aromatic carbocycles. The molecule has 0 radical (unpaired) electrons. The predicted octanol–water partition coefficient (Wildman–Crippen LogP) is 3.12. The Morgan fingerprint density at radius 1 is 1.28 bits per heavy atom. The Morgan fingerprint density at radius 3 is 2.60 bits per heavy atom. The summed E-state index contributed by atoms with van der Waals surface area (Å²) in [5.74, 6) is -1.53. The van der Waals surface area contributed by atoms with E-state index in [9.17, 15) is 18.8 Å². The van der Waals surface area contributed by atoms with Crippen LogP contribution >= 0.6 is 15.9 Å². The zero-order chi connectivity index (χ0) is 18.2. The lowest BCUT2D eigenvalue weighted by Gasteiger charge is -2.35. The van der Waals surface area contributed by atoms with Gasteiger partial charge in [0.25, 0.3) is 5.91 Å². The number of carbonyl (C=O) groups excluding carboxylic acids is 3. The molecule has 1 saturated carbocycles. The first-order valence-corrected chi connectivity index (χ1v) is 8.99. The number of rotatable bonds is 3. The molecular formula is C17H19BrFN3O3. The van der Waals surface area contributed by atoms with E-state index in [1.807, 2.05) is 0 Å². The number of anilines is 1. The summed E-state index contributed by atoms with van der Waals surface area (Å²) in [7, 11) is 1.61. The molecule has 2 fully saturated rings. The molecule has 2 aliphatic rings. The molecule has 0 bridgehead atoms. The van der Waals surface area contributed by atoms with Crippen molar-refractivity contribution < 1.29 is 18.8 Å². The molecule has 1 spiro atoms. The van der Waals surface area contributed by atoms with Crippen LogP contribution in [-0.4, -0.2) is 46.8 Å².